The van der Waals surface area contributed by atoms with Crippen LogP contribution in [0.3, 0.4) is 0 Å². The molecule has 0 unspecified atom stereocenters. The summed E-state index contributed by atoms with van der Waals surface area (Å²) in [6, 6.07) is 0. The molecule has 0 atom stereocenters. The van der Waals surface area contributed by atoms with Gasteiger partial charge in [0.15, 0.2) is 0 Å². The van der Waals surface area contributed by atoms with Crippen molar-refractivity contribution in [3.63, 3.8) is 0 Å². The second kappa shape index (κ2) is 4.18. The molecule has 0 saturated carbocycles. The highest BCUT2D eigenvalue weighted by atomic mass is 32.2. The maximum atomic E-state index is 12.7. The lowest BCUT2D eigenvalue weighted by Crippen LogP contribution is -2.19. The zero-order valence-corrected chi connectivity index (χ0v) is 8.82. The summed E-state index contributed by atoms with van der Waals surface area (Å²) in [5.41, 5.74) is 2.58. The van der Waals surface area contributed by atoms with E-state index in [-0.39, 0.29) is 0 Å². The van der Waals surface area contributed by atoms with E-state index in [1.807, 2.05) is 0 Å². The van der Waals surface area contributed by atoms with Crippen LogP contribution in [0.2, 0.25) is 0 Å². The van der Waals surface area contributed by atoms with Crippen LogP contribution in [0.1, 0.15) is 12.0 Å². The smallest absolute Gasteiger partial charge is 0.297 e. The molecule has 0 aliphatic heterocycles. The lowest BCUT2D eigenvalue weighted by Gasteiger charge is -2.08. The molecule has 1 aromatic rings. The Bertz CT molecular complexity index is 574. The number of aromatic nitrogens is 1. The minimum Gasteiger partial charge on any atom is -0.383 e. The minimum atomic E-state index is -4.64. The van der Waals surface area contributed by atoms with Crippen LogP contribution in [-0.4, -0.2) is 18.3 Å². The van der Waals surface area contributed by atoms with Gasteiger partial charge in [-0.15, -0.1) is 0 Å². The second-order valence-electron chi connectivity index (χ2n) is 2.87. The van der Waals surface area contributed by atoms with E-state index in [1.54, 1.807) is 0 Å². The fraction of sp³-hybridized carbons (Fsp3) is 0.167. The fourth-order valence-corrected chi connectivity index (χ4v) is 2.01. The fourth-order valence-electron chi connectivity index (χ4n) is 1.17. The first-order chi connectivity index (χ1) is 7.66. The van der Waals surface area contributed by atoms with Crippen molar-refractivity contribution in [1.82, 2.24) is 4.98 Å². The topological polar surface area (TPSA) is 142 Å². The molecule has 1 rings (SSSR count). The first kappa shape index (κ1) is 13.2. The average Bonchev–Trinajstić information content (AvgIpc) is 2.14. The van der Waals surface area contributed by atoms with Gasteiger partial charge in [-0.1, -0.05) is 0 Å². The lowest BCUT2D eigenvalue weighted by molar-refractivity contribution is -0.386. The predicted molar refractivity (Wildman–Crippen MR) is 51.6 cm³/mol. The SMILES string of the molecule is Nc1ncc([N+](=O)[O-])c(C(F)F)c1S(N)(=O)=O. The van der Waals surface area contributed by atoms with Gasteiger partial charge >= 0.3 is 0 Å². The Morgan fingerprint density at radius 3 is 2.35 bits per heavy atom. The Kier molecular flexibility index (Phi) is 3.24. The molecule has 0 aliphatic rings. The molecule has 0 bridgehead atoms. The Labute approximate surface area is 93.4 Å². The molecular weight excluding hydrogens is 262 g/mol. The van der Waals surface area contributed by atoms with Gasteiger partial charge in [0.2, 0.25) is 10.0 Å². The molecule has 1 heterocycles. The van der Waals surface area contributed by atoms with Crippen LogP contribution in [0.5, 0.6) is 0 Å². The molecule has 0 amide bonds. The molecule has 0 spiro atoms. The van der Waals surface area contributed by atoms with E-state index >= 15 is 0 Å². The molecule has 8 nitrogen and oxygen atoms in total. The van der Waals surface area contributed by atoms with E-state index in [9.17, 15) is 27.3 Å². The van der Waals surface area contributed by atoms with Crippen molar-refractivity contribution in [2.24, 2.45) is 5.14 Å². The summed E-state index contributed by atoms with van der Waals surface area (Å²) in [5.74, 6) is -0.812. The molecule has 94 valence electrons. The number of nitrogen functional groups attached to an aromatic ring is 1. The number of nitrogens with two attached hydrogens (primary N) is 2. The molecule has 17 heavy (non-hydrogen) atoms. The van der Waals surface area contributed by atoms with E-state index in [0.717, 1.165) is 0 Å². The van der Waals surface area contributed by atoms with E-state index in [4.69, 9.17) is 5.73 Å². The summed E-state index contributed by atoms with van der Waals surface area (Å²) >= 11 is 0. The monoisotopic (exact) mass is 268 g/mol. The Balaban J connectivity index is 3.80. The zero-order chi connectivity index (χ0) is 13.4. The number of hydrogen-bond donors (Lipinski definition) is 2. The first-order valence-electron chi connectivity index (χ1n) is 3.90. The minimum absolute atomic E-state index is 0.450. The number of hydrogen-bond acceptors (Lipinski definition) is 6. The number of alkyl halides is 2. The molecule has 0 aliphatic carbocycles. The Morgan fingerprint density at radius 2 is 2.00 bits per heavy atom. The highest BCUT2D eigenvalue weighted by Gasteiger charge is 2.33. The van der Waals surface area contributed by atoms with Crippen LogP contribution >= 0.6 is 0 Å². The number of nitrogens with zero attached hydrogens (tertiary/aromatic N) is 2. The van der Waals surface area contributed by atoms with Crippen LogP contribution < -0.4 is 10.9 Å². The highest BCUT2D eigenvalue weighted by molar-refractivity contribution is 7.89. The largest absolute Gasteiger partial charge is 0.383 e. The number of nitro groups is 1. The summed E-state index contributed by atoms with van der Waals surface area (Å²) in [4.78, 5) is 11.2. The normalized spacial score (nSPS) is 11.8. The van der Waals surface area contributed by atoms with Gasteiger partial charge in [0.05, 0.1) is 4.92 Å². The van der Waals surface area contributed by atoms with Gasteiger partial charge in [-0.3, -0.25) is 10.1 Å². The number of primary sulfonamides is 1. The van der Waals surface area contributed by atoms with Gasteiger partial charge in [0.1, 0.15) is 22.5 Å². The molecule has 1 aromatic heterocycles. The van der Waals surface area contributed by atoms with Gasteiger partial charge in [-0.05, 0) is 0 Å². The molecule has 0 radical (unpaired) electrons. The van der Waals surface area contributed by atoms with Crippen molar-refractivity contribution in [1.29, 1.82) is 0 Å². The van der Waals surface area contributed by atoms with Crippen molar-refractivity contribution < 1.29 is 22.1 Å². The van der Waals surface area contributed by atoms with Gasteiger partial charge in [0.25, 0.3) is 12.1 Å². The third-order valence-corrected chi connectivity index (χ3v) is 2.78. The number of halogens is 2. The third-order valence-electron chi connectivity index (χ3n) is 1.78. The summed E-state index contributed by atoms with van der Waals surface area (Å²) < 4.78 is 47.4. The van der Waals surface area contributed by atoms with E-state index in [2.05, 4.69) is 10.1 Å². The predicted octanol–water partition coefficient (Wildman–Crippen LogP) is 0.157. The molecule has 11 heteroatoms. The van der Waals surface area contributed by atoms with Crippen LogP contribution in [0.15, 0.2) is 11.1 Å². The molecule has 0 fully saturated rings. The highest BCUT2D eigenvalue weighted by Crippen LogP contribution is 2.35. The maximum Gasteiger partial charge on any atom is 0.297 e. The maximum absolute atomic E-state index is 12.7. The number of rotatable bonds is 3. The van der Waals surface area contributed by atoms with Crippen molar-refractivity contribution in [3.05, 3.63) is 21.9 Å². The van der Waals surface area contributed by atoms with Gasteiger partial charge in [-0.2, -0.15) is 0 Å². The second-order valence-corrected chi connectivity index (χ2v) is 4.37. The van der Waals surface area contributed by atoms with E-state index < -0.39 is 43.3 Å². The average molecular weight is 268 g/mol. The van der Waals surface area contributed by atoms with E-state index in [0.29, 0.717) is 6.20 Å². The quantitative estimate of drug-likeness (QED) is 0.590. The summed E-state index contributed by atoms with van der Waals surface area (Å²) in [6.45, 7) is 0. The van der Waals surface area contributed by atoms with Crippen molar-refractivity contribution >= 4 is 21.5 Å². The number of pyridine rings is 1. The zero-order valence-electron chi connectivity index (χ0n) is 8.00. The molecule has 4 N–H and O–H groups in total. The lowest BCUT2D eigenvalue weighted by atomic mass is 10.2. The van der Waals surface area contributed by atoms with Gasteiger partial charge in [-0.25, -0.2) is 27.3 Å². The molecule has 0 saturated heterocycles. The van der Waals surface area contributed by atoms with Crippen LogP contribution in [0.4, 0.5) is 20.3 Å². The number of sulfonamides is 1. The first-order valence-corrected chi connectivity index (χ1v) is 5.44. The standard InChI is InChI=1S/C6H6F2N4O4S/c7-5(8)3-2(12(13)14)1-11-6(9)4(3)17(10,15)16/h1,5H,(H2,9,11)(H2,10,15,16). The Hall–Kier alpha value is -1.88. The van der Waals surface area contributed by atoms with Gasteiger partial charge in [0, 0.05) is 0 Å². The van der Waals surface area contributed by atoms with Crippen LogP contribution in [-0.2, 0) is 10.0 Å². The number of anilines is 1. The van der Waals surface area contributed by atoms with Crippen molar-refractivity contribution in [2.45, 2.75) is 11.3 Å². The van der Waals surface area contributed by atoms with Crippen molar-refractivity contribution in [2.75, 3.05) is 5.73 Å². The third kappa shape index (κ3) is 2.45. The molecule has 0 aromatic carbocycles. The summed E-state index contributed by atoms with van der Waals surface area (Å²) in [6.07, 6.45) is -2.97. The van der Waals surface area contributed by atoms with Crippen LogP contribution in [0.25, 0.3) is 0 Å². The molecular formula is C6H6F2N4O4S. The van der Waals surface area contributed by atoms with Crippen LogP contribution in [0, 0.1) is 10.1 Å². The summed E-state index contributed by atoms with van der Waals surface area (Å²) in [7, 11) is -4.64. The van der Waals surface area contributed by atoms with E-state index in [1.165, 1.54) is 0 Å². The summed E-state index contributed by atoms with van der Waals surface area (Å²) in [5, 5.41) is 15.1. The van der Waals surface area contributed by atoms with Gasteiger partial charge < -0.3 is 5.73 Å². The van der Waals surface area contributed by atoms with Crippen molar-refractivity contribution in [3.8, 4) is 0 Å². The Morgan fingerprint density at radius 1 is 1.47 bits per heavy atom.